The summed E-state index contributed by atoms with van der Waals surface area (Å²) in [7, 11) is -3.62. The molecule has 0 heterocycles. The number of hydrogen-bond donors (Lipinski definition) is 1. The molecule has 272 valence electrons. The van der Waals surface area contributed by atoms with Crippen LogP contribution >= 0.6 is 0 Å². The van der Waals surface area contributed by atoms with Gasteiger partial charge in [0.25, 0.3) is 10.1 Å². The van der Waals surface area contributed by atoms with E-state index in [9.17, 15) is 8.42 Å². The van der Waals surface area contributed by atoms with Crippen molar-refractivity contribution in [2.24, 2.45) is 0 Å². The Morgan fingerprint density at radius 1 is 0.543 bits per heavy atom. The van der Waals surface area contributed by atoms with E-state index in [0.717, 1.165) is 37.1 Å². The normalized spacial score (nSPS) is 11.5. The summed E-state index contributed by atoms with van der Waals surface area (Å²) in [5, 5.41) is 0. The molecule has 0 aromatic heterocycles. The highest BCUT2D eigenvalue weighted by Crippen LogP contribution is 2.21. The minimum absolute atomic E-state index is 0.284. The van der Waals surface area contributed by atoms with Crippen molar-refractivity contribution in [2.75, 3.05) is 19.8 Å². The first-order chi connectivity index (χ1) is 22.4. The number of hydrogen-bond acceptors (Lipinski definition) is 5. The van der Waals surface area contributed by atoms with Crippen molar-refractivity contribution < 1.29 is 17.4 Å². The fraction of sp³-hybridized carbons (Fsp3) is 0.850. The van der Waals surface area contributed by atoms with E-state index < -0.39 is 10.1 Å². The molecule has 0 fully saturated rings. The van der Waals surface area contributed by atoms with Gasteiger partial charge in [-0.25, -0.2) is 5.48 Å². The maximum absolute atomic E-state index is 12.2. The number of benzene rings is 1. The third-order valence-electron chi connectivity index (χ3n) is 8.94. The molecule has 0 aliphatic carbocycles. The summed E-state index contributed by atoms with van der Waals surface area (Å²) in [6.45, 7) is 12.3. The van der Waals surface area contributed by atoms with E-state index in [1.165, 1.54) is 154 Å². The molecule has 0 saturated heterocycles. The number of hydroxylamine groups is 1. The van der Waals surface area contributed by atoms with Crippen LogP contribution in [0.2, 0.25) is 0 Å². The van der Waals surface area contributed by atoms with Gasteiger partial charge in [0.2, 0.25) is 0 Å². The van der Waals surface area contributed by atoms with Gasteiger partial charge in [-0.1, -0.05) is 180 Å². The lowest BCUT2D eigenvalue weighted by atomic mass is 10.0. The summed E-state index contributed by atoms with van der Waals surface area (Å²) < 4.78 is 29.7. The van der Waals surface area contributed by atoms with Crippen LogP contribution in [0.5, 0.6) is 0 Å². The fourth-order valence-corrected chi connectivity index (χ4v) is 6.98. The van der Waals surface area contributed by atoms with Crippen molar-refractivity contribution in [3.8, 4) is 0 Å². The smallest absolute Gasteiger partial charge is 0.297 e. The fourth-order valence-electron chi connectivity index (χ4n) is 5.74. The van der Waals surface area contributed by atoms with E-state index >= 15 is 0 Å². The molecule has 5 nitrogen and oxygen atoms in total. The highest BCUT2D eigenvalue weighted by Gasteiger charge is 2.18. The molecule has 0 saturated carbocycles. The van der Waals surface area contributed by atoms with Crippen LogP contribution < -0.4 is 5.48 Å². The summed E-state index contributed by atoms with van der Waals surface area (Å²) >= 11 is 0. The Labute approximate surface area is 287 Å². The molecular weight excluding hydrogens is 591 g/mol. The molecule has 0 aliphatic rings. The zero-order chi connectivity index (χ0) is 34.0. The van der Waals surface area contributed by atoms with Gasteiger partial charge in [-0.05, 0) is 50.8 Å². The SMILES string of the molecule is CCCCCCCCCCCCCCCCCCNOCC.CCCCCCCCCCCCOS(=O)(=O)c1cccc(C)c1C. The van der Waals surface area contributed by atoms with Gasteiger partial charge in [0.05, 0.1) is 18.1 Å². The lowest BCUT2D eigenvalue weighted by molar-refractivity contribution is 0.0500. The maximum Gasteiger partial charge on any atom is 0.297 e. The highest BCUT2D eigenvalue weighted by molar-refractivity contribution is 7.86. The Kier molecular flexibility index (Phi) is 33.2. The van der Waals surface area contributed by atoms with Crippen LogP contribution in [-0.4, -0.2) is 28.2 Å². The molecule has 0 spiro atoms. The lowest BCUT2D eigenvalue weighted by Gasteiger charge is -2.10. The highest BCUT2D eigenvalue weighted by atomic mass is 32.2. The molecule has 1 rings (SSSR count). The van der Waals surface area contributed by atoms with E-state index in [1.54, 1.807) is 12.1 Å². The first kappa shape index (κ1) is 45.0. The van der Waals surface area contributed by atoms with Crippen LogP contribution in [0.15, 0.2) is 23.1 Å². The summed E-state index contributed by atoms with van der Waals surface area (Å²) in [6.07, 6.45) is 35.1. The van der Waals surface area contributed by atoms with Gasteiger partial charge in [0.15, 0.2) is 0 Å². The summed E-state index contributed by atoms with van der Waals surface area (Å²) in [5.74, 6) is 0. The molecule has 6 heteroatoms. The van der Waals surface area contributed by atoms with Crippen LogP contribution in [0.4, 0.5) is 0 Å². The number of aryl methyl sites for hydroxylation is 1. The van der Waals surface area contributed by atoms with Crippen molar-refractivity contribution >= 4 is 10.1 Å². The van der Waals surface area contributed by atoms with E-state index in [-0.39, 0.29) is 6.61 Å². The van der Waals surface area contributed by atoms with Crippen molar-refractivity contribution in [3.05, 3.63) is 29.3 Å². The zero-order valence-corrected chi connectivity index (χ0v) is 32.1. The van der Waals surface area contributed by atoms with Gasteiger partial charge in [-0.3, -0.25) is 4.18 Å². The monoisotopic (exact) mass is 668 g/mol. The molecule has 1 aromatic rings. The topological polar surface area (TPSA) is 64.6 Å². The molecule has 0 bridgehead atoms. The second-order valence-corrected chi connectivity index (χ2v) is 14.9. The predicted octanol–water partition coefficient (Wildman–Crippen LogP) is 12.7. The van der Waals surface area contributed by atoms with Crippen molar-refractivity contribution in [1.29, 1.82) is 0 Å². The Morgan fingerprint density at radius 2 is 0.935 bits per heavy atom. The van der Waals surface area contributed by atoms with Gasteiger partial charge >= 0.3 is 0 Å². The van der Waals surface area contributed by atoms with Crippen LogP contribution in [0.1, 0.15) is 199 Å². The molecule has 1 aromatic carbocycles. The van der Waals surface area contributed by atoms with E-state index in [2.05, 4.69) is 19.3 Å². The molecule has 0 amide bonds. The Hall–Kier alpha value is -0.950. The van der Waals surface area contributed by atoms with Gasteiger partial charge in [0, 0.05) is 6.54 Å². The average Bonchev–Trinajstić information content (AvgIpc) is 3.04. The number of unbranched alkanes of at least 4 members (excludes halogenated alkanes) is 24. The zero-order valence-electron chi connectivity index (χ0n) is 31.3. The molecule has 0 unspecified atom stereocenters. The molecule has 0 aliphatic heterocycles. The molecule has 1 N–H and O–H groups in total. The summed E-state index contributed by atoms with van der Waals surface area (Å²) in [5.41, 5.74) is 4.73. The Morgan fingerprint density at radius 3 is 1.35 bits per heavy atom. The molecule has 0 atom stereocenters. The second kappa shape index (κ2) is 33.9. The molecular formula is C40H77NO4S. The van der Waals surface area contributed by atoms with Crippen LogP contribution in [0.3, 0.4) is 0 Å². The molecule has 46 heavy (non-hydrogen) atoms. The van der Waals surface area contributed by atoms with Crippen molar-refractivity contribution in [2.45, 2.75) is 206 Å². The quantitative estimate of drug-likeness (QED) is 0.0470. The van der Waals surface area contributed by atoms with Gasteiger partial charge < -0.3 is 4.84 Å². The van der Waals surface area contributed by atoms with Crippen LogP contribution in [-0.2, 0) is 19.1 Å². The first-order valence-corrected chi connectivity index (χ1v) is 21.1. The lowest BCUT2D eigenvalue weighted by Crippen LogP contribution is -2.15. The van der Waals surface area contributed by atoms with Crippen LogP contribution in [0, 0.1) is 13.8 Å². The maximum atomic E-state index is 12.2. The Balaban J connectivity index is 0.000000885. The third kappa shape index (κ3) is 28.1. The van der Waals surface area contributed by atoms with Crippen molar-refractivity contribution in [1.82, 2.24) is 5.48 Å². The van der Waals surface area contributed by atoms with Gasteiger partial charge in [-0.15, -0.1) is 0 Å². The van der Waals surface area contributed by atoms with E-state index in [4.69, 9.17) is 9.02 Å². The largest absolute Gasteiger partial charge is 0.302 e. The molecule has 0 radical (unpaired) electrons. The van der Waals surface area contributed by atoms with Crippen molar-refractivity contribution in [3.63, 3.8) is 0 Å². The second-order valence-electron chi connectivity index (χ2n) is 13.3. The number of rotatable bonds is 32. The Bertz CT molecular complexity index is 854. The van der Waals surface area contributed by atoms with Crippen LogP contribution in [0.25, 0.3) is 0 Å². The van der Waals surface area contributed by atoms with E-state index in [1.807, 2.05) is 26.8 Å². The van der Waals surface area contributed by atoms with Gasteiger partial charge in [-0.2, -0.15) is 8.42 Å². The summed E-state index contributed by atoms with van der Waals surface area (Å²) in [6, 6.07) is 5.30. The summed E-state index contributed by atoms with van der Waals surface area (Å²) in [4.78, 5) is 5.41. The predicted molar refractivity (Wildman–Crippen MR) is 200 cm³/mol. The minimum Gasteiger partial charge on any atom is -0.302 e. The third-order valence-corrected chi connectivity index (χ3v) is 10.4. The van der Waals surface area contributed by atoms with Gasteiger partial charge in [0.1, 0.15) is 0 Å². The standard InChI is InChI=1S/C20H43NO.C20H34O3S/c1-3-5-6-7-8-9-10-11-12-13-14-15-16-17-18-19-20-21-22-4-2;1-4-5-6-7-8-9-10-11-12-13-17-23-24(21,22)20-16-14-15-18(2)19(20)3/h21H,3-20H2,1-2H3;14-16H,4-13,17H2,1-3H3. The average molecular weight is 668 g/mol. The first-order valence-electron chi connectivity index (χ1n) is 19.7. The number of nitrogens with one attached hydrogen (secondary N) is 1. The minimum atomic E-state index is -3.62. The van der Waals surface area contributed by atoms with E-state index in [0.29, 0.717) is 4.90 Å².